The van der Waals surface area contributed by atoms with Gasteiger partial charge in [-0.1, -0.05) is 60.7 Å². The summed E-state index contributed by atoms with van der Waals surface area (Å²) >= 11 is 0. The number of halogens is 2. The van der Waals surface area contributed by atoms with Crippen LogP contribution in [-0.4, -0.2) is 37.0 Å². The van der Waals surface area contributed by atoms with Gasteiger partial charge in [-0.3, -0.25) is 4.79 Å². The lowest BCUT2D eigenvalue weighted by molar-refractivity contribution is -0.126. The van der Waals surface area contributed by atoms with E-state index in [1.54, 1.807) is 0 Å². The van der Waals surface area contributed by atoms with Crippen molar-refractivity contribution in [2.24, 2.45) is 5.92 Å². The molecule has 3 aromatic carbocycles. The number of anilines is 1. The largest absolute Gasteiger partial charge is 0.366 e. The number of nitrogens with zero attached hydrogens (tertiary/aromatic N) is 2. The van der Waals surface area contributed by atoms with Crippen LogP contribution in [0.4, 0.5) is 14.5 Å². The highest BCUT2D eigenvalue weighted by atomic mass is 19.1. The number of amides is 1. The van der Waals surface area contributed by atoms with E-state index in [0.29, 0.717) is 25.3 Å². The smallest absolute Gasteiger partial charge is 0.223 e. The summed E-state index contributed by atoms with van der Waals surface area (Å²) in [6.45, 7) is 4.20. The van der Waals surface area contributed by atoms with Crippen molar-refractivity contribution in [1.29, 1.82) is 0 Å². The minimum Gasteiger partial charge on any atom is -0.366 e. The summed E-state index contributed by atoms with van der Waals surface area (Å²) in [5, 5.41) is 3.06. The van der Waals surface area contributed by atoms with E-state index in [1.807, 2.05) is 65.6 Å². The van der Waals surface area contributed by atoms with Crippen LogP contribution in [0.15, 0.2) is 78.9 Å². The van der Waals surface area contributed by atoms with Gasteiger partial charge in [0, 0.05) is 43.9 Å². The molecule has 0 spiro atoms. The highest BCUT2D eigenvalue weighted by molar-refractivity contribution is 5.78. The van der Waals surface area contributed by atoms with Crippen molar-refractivity contribution in [3.05, 3.63) is 102 Å². The fraction of sp³-hybridized carbons (Fsp3) is 0.321. The highest BCUT2D eigenvalue weighted by Gasteiger charge is 2.25. The number of piperidine rings is 1. The monoisotopic (exact) mass is 463 g/mol. The van der Waals surface area contributed by atoms with Gasteiger partial charge in [0.25, 0.3) is 0 Å². The zero-order chi connectivity index (χ0) is 23.8. The molecule has 1 heterocycles. The highest BCUT2D eigenvalue weighted by Crippen LogP contribution is 2.22. The molecule has 0 aromatic heterocycles. The van der Waals surface area contributed by atoms with E-state index < -0.39 is 11.6 Å². The van der Waals surface area contributed by atoms with E-state index >= 15 is 0 Å². The van der Waals surface area contributed by atoms with Gasteiger partial charge < -0.3 is 15.1 Å². The van der Waals surface area contributed by atoms with Crippen LogP contribution in [-0.2, 0) is 17.9 Å². The van der Waals surface area contributed by atoms with Crippen molar-refractivity contribution in [3.8, 4) is 0 Å². The summed E-state index contributed by atoms with van der Waals surface area (Å²) in [4.78, 5) is 16.9. The van der Waals surface area contributed by atoms with Gasteiger partial charge in [0.05, 0.1) is 0 Å². The molecule has 0 atom stereocenters. The molecule has 4 nitrogen and oxygen atoms in total. The van der Waals surface area contributed by atoms with Crippen LogP contribution < -0.4 is 10.2 Å². The summed E-state index contributed by atoms with van der Waals surface area (Å²) < 4.78 is 27.8. The van der Waals surface area contributed by atoms with E-state index in [0.717, 1.165) is 49.7 Å². The van der Waals surface area contributed by atoms with Crippen molar-refractivity contribution >= 4 is 11.6 Å². The van der Waals surface area contributed by atoms with Crippen LogP contribution in [0, 0.1) is 17.6 Å². The van der Waals surface area contributed by atoms with Crippen molar-refractivity contribution in [2.75, 3.05) is 31.1 Å². The number of hydrogen-bond donors (Lipinski definition) is 1. The Morgan fingerprint density at radius 2 is 1.47 bits per heavy atom. The van der Waals surface area contributed by atoms with Crippen LogP contribution in [0.3, 0.4) is 0 Å². The predicted molar refractivity (Wildman–Crippen MR) is 131 cm³/mol. The molecule has 0 aliphatic carbocycles. The minimum absolute atomic E-state index is 0.0256. The standard InChI is InChI=1S/C28H31F2N3O/c29-25-17-26(30)19-27(18-25)33(21-23-9-5-2-6-10-23)16-15-32-13-11-24(12-14-32)28(34)31-20-22-7-3-1-4-8-22/h1-10,17-19,24H,11-16,20-21H2,(H,31,34). The summed E-state index contributed by atoms with van der Waals surface area (Å²) in [5.41, 5.74) is 2.72. The second kappa shape index (κ2) is 11.7. The quantitative estimate of drug-likeness (QED) is 0.485. The van der Waals surface area contributed by atoms with E-state index in [-0.39, 0.29) is 11.8 Å². The number of hydrogen-bond acceptors (Lipinski definition) is 3. The maximum atomic E-state index is 13.9. The van der Waals surface area contributed by atoms with Gasteiger partial charge in [-0.15, -0.1) is 0 Å². The fourth-order valence-electron chi connectivity index (χ4n) is 4.44. The summed E-state index contributed by atoms with van der Waals surface area (Å²) in [5.74, 6) is -1.01. The molecule has 178 valence electrons. The molecule has 0 bridgehead atoms. The predicted octanol–water partition coefficient (Wildman–Crippen LogP) is 5.00. The molecule has 0 saturated carbocycles. The zero-order valence-corrected chi connectivity index (χ0v) is 19.3. The molecule has 1 N–H and O–H groups in total. The fourth-order valence-corrected chi connectivity index (χ4v) is 4.44. The number of benzene rings is 3. The van der Waals surface area contributed by atoms with E-state index in [9.17, 15) is 13.6 Å². The third-order valence-corrected chi connectivity index (χ3v) is 6.38. The summed E-state index contributed by atoms with van der Waals surface area (Å²) in [6, 6.07) is 23.5. The lowest BCUT2D eigenvalue weighted by Gasteiger charge is -2.34. The Hall–Kier alpha value is -3.25. The molecule has 1 aliphatic rings. The SMILES string of the molecule is O=C(NCc1ccccc1)C1CCN(CCN(Cc2ccccc2)c2cc(F)cc(F)c2)CC1. The van der Waals surface area contributed by atoms with Gasteiger partial charge >= 0.3 is 0 Å². The van der Waals surface area contributed by atoms with E-state index in [4.69, 9.17) is 0 Å². The first kappa shape index (κ1) is 23.9. The first-order valence-corrected chi connectivity index (χ1v) is 11.9. The Balaban J connectivity index is 1.30. The van der Waals surface area contributed by atoms with E-state index in [2.05, 4.69) is 10.2 Å². The third kappa shape index (κ3) is 6.87. The molecule has 1 fully saturated rings. The number of likely N-dealkylation sites (tertiary alicyclic amines) is 1. The molecule has 1 amide bonds. The average molecular weight is 464 g/mol. The Bertz CT molecular complexity index is 1030. The molecule has 0 unspecified atom stereocenters. The minimum atomic E-state index is -0.574. The maximum Gasteiger partial charge on any atom is 0.223 e. The Kier molecular flexibility index (Phi) is 8.26. The van der Waals surface area contributed by atoms with Crippen LogP contribution >= 0.6 is 0 Å². The van der Waals surface area contributed by atoms with Gasteiger partial charge in [0.2, 0.25) is 5.91 Å². The molecule has 4 rings (SSSR count). The van der Waals surface area contributed by atoms with Gasteiger partial charge in [0.15, 0.2) is 0 Å². The molecule has 1 aliphatic heterocycles. The lowest BCUT2D eigenvalue weighted by Crippen LogP contribution is -2.43. The zero-order valence-electron chi connectivity index (χ0n) is 19.3. The van der Waals surface area contributed by atoms with Crippen molar-refractivity contribution in [1.82, 2.24) is 10.2 Å². The number of nitrogens with one attached hydrogen (secondary N) is 1. The van der Waals surface area contributed by atoms with Crippen molar-refractivity contribution in [3.63, 3.8) is 0 Å². The summed E-state index contributed by atoms with van der Waals surface area (Å²) in [6.07, 6.45) is 1.63. The van der Waals surface area contributed by atoms with Crippen molar-refractivity contribution < 1.29 is 13.6 Å². The Morgan fingerprint density at radius 3 is 2.09 bits per heavy atom. The first-order chi connectivity index (χ1) is 16.6. The summed E-state index contributed by atoms with van der Waals surface area (Å²) in [7, 11) is 0. The van der Waals surface area contributed by atoms with Crippen LogP contribution in [0.5, 0.6) is 0 Å². The Labute approximate surface area is 200 Å². The molecule has 6 heteroatoms. The second-order valence-corrected chi connectivity index (χ2v) is 8.85. The second-order valence-electron chi connectivity index (χ2n) is 8.85. The first-order valence-electron chi connectivity index (χ1n) is 11.9. The lowest BCUT2D eigenvalue weighted by atomic mass is 9.96. The number of carbonyl (C=O) groups excluding carboxylic acids is 1. The average Bonchev–Trinajstić information content (AvgIpc) is 2.86. The normalized spacial score (nSPS) is 14.6. The molecule has 3 aromatic rings. The van der Waals surface area contributed by atoms with Gasteiger partial charge in [-0.2, -0.15) is 0 Å². The molecular weight excluding hydrogens is 432 g/mol. The van der Waals surface area contributed by atoms with Gasteiger partial charge in [-0.05, 0) is 49.2 Å². The third-order valence-electron chi connectivity index (χ3n) is 6.38. The van der Waals surface area contributed by atoms with Crippen LogP contribution in [0.1, 0.15) is 24.0 Å². The maximum absolute atomic E-state index is 13.9. The molecular formula is C28H31F2N3O. The van der Waals surface area contributed by atoms with Gasteiger partial charge in [0.1, 0.15) is 11.6 Å². The molecule has 0 radical (unpaired) electrons. The Morgan fingerprint density at radius 1 is 0.882 bits per heavy atom. The molecule has 34 heavy (non-hydrogen) atoms. The topological polar surface area (TPSA) is 35.6 Å². The van der Waals surface area contributed by atoms with Crippen LogP contribution in [0.2, 0.25) is 0 Å². The van der Waals surface area contributed by atoms with Crippen molar-refractivity contribution in [2.45, 2.75) is 25.9 Å². The number of rotatable bonds is 9. The van der Waals surface area contributed by atoms with E-state index in [1.165, 1.54) is 12.1 Å². The molecule has 1 saturated heterocycles. The number of carbonyl (C=O) groups is 1. The van der Waals surface area contributed by atoms with Crippen LogP contribution in [0.25, 0.3) is 0 Å². The van der Waals surface area contributed by atoms with Gasteiger partial charge in [-0.25, -0.2) is 8.78 Å².